The zero-order valence-electron chi connectivity index (χ0n) is 7.55. The second-order valence-corrected chi connectivity index (χ2v) is 4.44. The molecule has 1 aromatic rings. The maximum atomic E-state index is 9.04. The molecule has 0 amide bonds. The summed E-state index contributed by atoms with van der Waals surface area (Å²) in [6.45, 7) is 1.98. The molecule has 1 N–H and O–H groups in total. The third kappa shape index (κ3) is 1.28. The topological polar surface area (TPSA) is 41.9 Å². The molecule has 1 fully saturated rings. The Morgan fingerprint density at radius 3 is 2.93 bits per heavy atom. The van der Waals surface area contributed by atoms with E-state index in [2.05, 4.69) is 0 Å². The molecule has 0 saturated carbocycles. The minimum absolute atomic E-state index is 0.0977. The van der Waals surface area contributed by atoms with E-state index < -0.39 is 0 Å². The standard InChI is InChI=1S/C9H11NO3S/c11-10-1-6(2-10)7-3-12-8-4-14-5-9(8)13-7/h4-7,11H,1-3H2. The molecule has 1 unspecified atom stereocenters. The van der Waals surface area contributed by atoms with E-state index in [1.165, 1.54) is 5.06 Å². The van der Waals surface area contributed by atoms with Crippen molar-refractivity contribution in [2.75, 3.05) is 19.7 Å². The Kier molecular flexibility index (Phi) is 1.90. The number of hydroxylamine groups is 2. The molecule has 14 heavy (non-hydrogen) atoms. The molecule has 4 nitrogen and oxygen atoms in total. The normalized spacial score (nSPS) is 27.4. The van der Waals surface area contributed by atoms with Crippen molar-refractivity contribution >= 4 is 11.3 Å². The van der Waals surface area contributed by atoms with Gasteiger partial charge < -0.3 is 14.7 Å². The van der Waals surface area contributed by atoms with Crippen molar-refractivity contribution in [2.45, 2.75) is 6.10 Å². The first kappa shape index (κ1) is 8.52. The molecule has 1 saturated heterocycles. The van der Waals surface area contributed by atoms with Gasteiger partial charge in [0.05, 0.1) is 0 Å². The van der Waals surface area contributed by atoms with Crippen LogP contribution in [0.2, 0.25) is 0 Å². The lowest BCUT2D eigenvalue weighted by molar-refractivity contribution is -0.190. The van der Waals surface area contributed by atoms with Gasteiger partial charge in [0, 0.05) is 29.8 Å². The van der Waals surface area contributed by atoms with E-state index in [0.29, 0.717) is 25.6 Å². The van der Waals surface area contributed by atoms with Crippen molar-refractivity contribution in [1.29, 1.82) is 0 Å². The molecule has 0 spiro atoms. The zero-order valence-corrected chi connectivity index (χ0v) is 8.37. The summed E-state index contributed by atoms with van der Waals surface area (Å²) in [5, 5.41) is 14.3. The van der Waals surface area contributed by atoms with Crippen LogP contribution in [0.15, 0.2) is 10.8 Å². The summed E-state index contributed by atoms with van der Waals surface area (Å²) in [5.74, 6) is 2.10. The van der Waals surface area contributed by atoms with Crippen LogP contribution in [0.5, 0.6) is 11.5 Å². The van der Waals surface area contributed by atoms with Crippen LogP contribution in [0.25, 0.3) is 0 Å². The first-order valence-electron chi connectivity index (χ1n) is 4.62. The number of fused-ring (bicyclic) bond motifs is 1. The van der Waals surface area contributed by atoms with Gasteiger partial charge in [-0.15, -0.1) is 11.3 Å². The van der Waals surface area contributed by atoms with Gasteiger partial charge in [-0.3, -0.25) is 0 Å². The number of ether oxygens (including phenoxy) is 2. The summed E-state index contributed by atoms with van der Waals surface area (Å²) < 4.78 is 11.3. The highest BCUT2D eigenvalue weighted by molar-refractivity contribution is 7.08. The fourth-order valence-corrected chi connectivity index (χ4v) is 2.46. The highest BCUT2D eigenvalue weighted by Crippen LogP contribution is 2.37. The molecular formula is C9H11NO3S. The average molecular weight is 213 g/mol. The molecule has 76 valence electrons. The lowest BCUT2D eigenvalue weighted by Gasteiger charge is -2.40. The Morgan fingerprint density at radius 2 is 2.14 bits per heavy atom. The number of nitrogens with zero attached hydrogens (tertiary/aromatic N) is 1. The SMILES string of the molecule is ON1CC(C2COc3cscc3O2)C1. The van der Waals surface area contributed by atoms with Gasteiger partial charge in [-0.05, 0) is 0 Å². The predicted octanol–water partition coefficient (Wildman–Crippen LogP) is 1.21. The van der Waals surface area contributed by atoms with E-state index in [-0.39, 0.29) is 6.10 Å². The van der Waals surface area contributed by atoms with Gasteiger partial charge in [-0.1, -0.05) is 0 Å². The number of thiophene rings is 1. The monoisotopic (exact) mass is 213 g/mol. The Hall–Kier alpha value is -0.780. The summed E-state index contributed by atoms with van der Waals surface area (Å²) in [7, 11) is 0. The number of rotatable bonds is 1. The summed E-state index contributed by atoms with van der Waals surface area (Å²) >= 11 is 1.59. The Bertz CT molecular complexity index is 335. The molecule has 3 rings (SSSR count). The Morgan fingerprint density at radius 1 is 1.36 bits per heavy atom. The van der Waals surface area contributed by atoms with Crippen molar-refractivity contribution in [3.63, 3.8) is 0 Å². The maximum Gasteiger partial charge on any atom is 0.172 e. The average Bonchev–Trinajstić information content (AvgIpc) is 2.59. The quantitative estimate of drug-likeness (QED) is 0.761. The van der Waals surface area contributed by atoms with Gasteiger partial charge in [0.1, 0.15) is 12.7 Å². The van der Waals surface area contributed by atoms with Gasteiger partial charge in [-0.25, -0.2) is 0 Å². The van der Waals surface area contributed by atoms with E-state index >= 15 is 0 Å². The summed E-state index contributed by atoms with van der Waals surface area (Å²) in [6.07, 6.45) is 0.0977. The van der Waals surface area contributed by atoms with Crippen molar-refractivity contribution in [3.05, 3.63) is 10.8 Å². The lowest BCUT2D eigenvalue weighted by atomic mass is 9.96. The van der Waals surface area contributed by atoms with E-state index in [1.807, 2.05) is 10.8 Å². The molecule has 3 heterocycles. The summed E-state index contributed by atoms with van der Waals surface area (Å²) in [5.41, 5.74) is 0. The van der Waals surface area contributed by atoms with E-state index in [9.17, 15) is 0 Å². The van der Waals surface area contributed by atoms with E-state index in [1.54, 1.807) is 11.3 Å². The van der Waals surface area contributed by atoms with Crippen molar-refractivity contribution < 1.29 is 14.7 Å². The summed E-state index contributed by atoms with van der Waals surface area (Å²) in [4.78, 5) is 0. The first-order valence-corrected chi connectivity index (χ1v) is 5.56. The van der Waals surface area contributed by atoms with Crippen LogP contribution in [0, 0.1) is 5.92 Å². The molecule has 0 aromatic carbocycles. The highest BCUT2D eigenvalue weighted by atomic mass is 32.1. The fourth-order valence-electron chi connectivity index (χ4n) is 1.79. The Balaban J connectivity index is 1.69. The van der Waals surface area contributed by atoms with Gasteiger partial charge in [-0.2, -0.15) is 5.06 Å². The fraction of sp³-hybridized carbons (Fsp3) is 0.556. The number of hydrogen-bond acceptors (Lipinski definition) is 5. The van der Waals surface area contributed by atoms with Crippen LogP contribution in [-0.2, 0) is 0 Å². The third-order valence-corrected chi connectivity index (χ3v) is 3.39. The van der Waals surface area contributed by atoms with E-state index in [4.69, 9.17) is 14.7 Å². The largest absolute Gasteiger partial charge is 0.485 e. The molecule has 2 aliphatic rings. The van der Waals surface area contributed by atoms with Crippen LogP contribution in [-0.4, -0.2) is 36.1 Å². The first-order chi connectivity index (χ1) is 6.83. The zero-order chi connectivity index (χ0) is 9.54. The molecule has 2 aliphatic heterocycles. The second kappa shape index (κ2) is 3.12. The van der Waals surface area contributed by atoms with Gasteiger partial charge >= 0.3 is 0 Å². The molecule has 1 aromatic heterocycles. The van der Waals surface area contributed by atoms with Crippen LogP contribution in [0.4, 0.5) is 0 Å². The summed E-state index contributed by atoms with van der Waals surface area (Å²) in [6, 6.07) is 0. The van der Waals surface area contributed by atoms with E-state index in [0.717, 1.165) is 11.5 Å². The minimum Gasteiger partial charge on any atom is -0.485 e. The molecule has 0 aliphatic carbocycles. The van der Waals surface area contributed by atoms with Gasteiger partial charge in [0.25, 0.3) is 0 Å². The Labute approximate surface area is 85.6 Å². The van der Waals surface area contributed by atoms with Crippen LogP contribution in [0.1, 0.15) is 0 Å². The molecule has 0 radical (unpaired) electrons. The molecule has 5 heteroatoms. The second-order valence-electron chi connectivity index (χ2n) is 3.70. The van der Waals surface area contributed by atoms with Gasteiger partial charge in [0.15, 0.2) is 11.5 Å². The lowest BCUT2D eigenvalue weighted by Crippen LogP contribution is -2.54. The number of hydrogen-bond donors (Lipinski definition) is 1. The smallest absolute Gasteiger partial charge is 0.172 e. The highest BCUT2D eigenvalue weighted by Gasteiger charge is 2.37. The molecule has 1 atom stereocenters. The van der Waals surface area contributed by atoms with Gasteiger partial charge in [0.2, 0.25) is 0 Å². The maximum absolute atomic E-state index is 9.04. The van der Waals surface area contributed by atoms with Crippen molar-refractivity contribution in [2.24, 2.45) is 5.92 Å². The molecular weight excluding hydrogens is 202 g/mol. The van der Waals surface area contributed by atoms with Crippen LogP contribution in [0.3, 0.4) is 0 Å². The van der Waals surface area contributed by atoms with Crippen molar-refractivity contribution in [3.8, 4) is 11.5 Å². The minimum atomic E-state index is 0.0977. The predicted molar refractivity (Wildman–Crippen MR) is 51.1 cm³/mol. The van der Waals surface area contributed by atoms with Crippen molar-refractivity contribution in [1.82, 2.24) is 5.06 Å². The van der Waals surface area contributed by atoms with Crippen LogP contribution >= 0.6 is 11.3 Å². The molecule has 0 bridgehead atoms. The third-order valence-electron chi connectivity index (χ3n) is 2.69. The van der Waals surface area contributed by atoms with Crippen LogP contribution < -0.4 is 9.47 Å².